The lowest BCUT2D eigenvalue weighted by Crippen LogP contribution is -3.22. The highest BCUT2D eigenvalue weighted by molar-refractivity contribution is 5.63. The van der Waals surface area contributed by atoms with Crippen molar-refractivity contribution in [2.24, 2.45) is 0 Å². The zero-order chi connectivity index (χ0) is 21.8. The topological polar surface area (TPSA) is 55.3 Å². The molecule has 1 heterocycles. The summed E-state index contributed by atoms with van der Waals surface area (Å²) in [6, 6.07) is 26.8. The Hall–Kier alpha value is -3.22. The zero-order valence-corrected chi connectivity index (χ0v) is 18.1. The average molecular weight is 419 g/mol. The van der Waals surface area contributed by atoms with Gasteiger partial charge in [-0.15, -0.1) is 0 Å². The quantitative estimate of drug-likeness (QED) is 0.455. The first kappa shape index (κ1) is 21.0. The highest BCUT2D eigenvalue weighted by Crippen LogP contribution is 2.29. The van der Waals surface area contributed by atoms with Crippen molar-refractivity contribution < 1.29 is 14.7 Å². The molecule has 0 amide bonds. The van der Waals surface area contributed by atoms with Crippen LogP contribution < -0.4 is 14.7 Å². The second-order valence-electron chi connectivity index (χ2n) is 8.47. The molecule has 4 rings (SSSR count). The standard InChI is InChI=1S/C25H28N4O2/c1-26(2)23-14-13-22(17-24(23)29(30)31)25-27(18-20-9-5-3-6-10-20)15-16-28(25)19-21-11-7-4-8-12-21/h3-14,17,25H,15-16,18-19H2,1-2H3/p+2. The summed E-state index contributed by atoms with van der Waals surface area (Å²) in [5.41, 5.74) is 4.44. The summed E-state index contributed by atoms with van der Waals surface area (Å²) in [5.74, 6) is 0. The van der Waals surface area contributed by atoms with Gasteiger partial charge in [-0.25, -0.2) is 0 Å². The third-order valence-corrected chi connectivity index (χ3v) is 6.14. The van der Waals surface area contributed by atoms with Crippen molar-refractivity contribution in [3.05, 3.63) is 106 Å². The van der Waals surface area contributed by atoms with Crippen LogP contribution in [0.4, 0.5) is 11.4 Å². The SMILES string of the molecule is CN(C)c1ccc(C2[NH+](Cc3ccccc3)CC[NH+]2Cc2ccccc2)cc1[N+](=O)[O-]. The molecule has 2 unspecified atom stereocenters. The number of quaternary nitrogens is 2. The number of anilines is 1. The minimum Gasteiger partial charge on any atom is -0.372 e. The minimum atomic E-state index is -0.262. The van der Waals surface area contributed by atoms with Crippen molar-refractivity contribution in [2.75, 3.05) is 32.1 Å². The molecule has 160 valence electrons. The smallest absolute Gasteiger partial charge is 0.293 e. The van der Waals surface area contributed by atoms with Gasteiger partial charge in [0.15, 0.2) is 0 Å². The molecule has 6 heteroatoms. The van der Waals surface area contributed by atoms with E-state index in [4.69, 9.17) is 0 Å². The number of nitrogens with zero attached hydrogens (tertiary/aromatic N) is 2. The maximum Gasteiger partial charge on any atom is 0.293 e. The van der Waals surface area contributed by atoms with Gasteiger partial charge in [0.2, 0.25) is 6.17 Å². The second kappa shape index (κ2) is 9.29. The van der Waals surface area contributed by atoms with E-state index in [9.17, 15) is 10.1 Å². The van der Waals surface area contributed by atoms with E-state index in [1.807, 2.05) is 32.3 Å². The summed E-state index contributed by atoms with van der Waals surface area (Å²) in [7, 11) is 3.69. The normalized spacial score (nSPS) is 20.5. The van der Waals surface area contributed by atoms with Crippen LogP contribution in [0.1, 0.15) is 22.9 Å². The summed E-state index contributed by atoms with van der Waals surface area (Å²) < 4.78 is 0. The predicted molar refractivity (Wildman–Crippen MR) is 122 cm³/mol. The molecule has 31 heavy (non-hydrogen) atoms. The highest BCUT2D eigenvalue weighted by atomic mass is 16.6. The number of nitro groups is 1. The third kappa shape index (κ3) is 4.76. The third-order valence-electron chi connectivity index (χ3n) is 6.14. The number of hydrogen-bond acceptors (Lipinski definition) is 3. The Morgan fingerprint density at radius 1 is 0.871 bits per heavy atom. The number of nitro benzene ring substituents is 1. The first-order valence-electron chi connectivity index (χ1n) is 10.8. The lowest BCUT2D eigenvalue weighted by atomic mass is 10.1. The van der Waals surface area contributed by atoms with E-state index in [1.54, 1.807) is 11.0 Å². The van der Waals surface area contributed by atoms with E-state index in [0.29, 0.717) is 5.69 Å². The van der Waals surface area contributed by atoms with Crippen molar-refractivity contribution in [2.45, 2.75) is 19.3 Å². The molecule has 1 fully saturated rings. The molecular weight excluding hydrogens is 388 g/mol. The van der Waals surface area contributed by atoms with Crippen molar-refractivity contribution in [3.8, 4) is 0 Å². The summed E-state index contributed by atoms with van der Waals surface area (Å²) in [5, 5.41) is 11.8. The summed E-state index contributed by atoms with van der Waals surface area (Å²) >= 11 is 0. The van der Waals surface area contributed by atoms with Crippen LogP contribution in [0.5, 0.6) is 0 Å². The number of benzene rings is 3. The fraction of sp³-hybridized carbons (Fsp3) is 0.280. The molecule has 2 atom stereocenters. The van der Waals surface area contributed by atoms with E-state index in [1.165, 1.54) is 20.9 Å². The molecule has 0 radical (unpaired) electrons. The minimum absolute atomic E-state index is 0.148. The first-order chi connectivity index (χ1) is 15.0. The zero-order valence-electron chi connectivity index (χ0n) is 18.1. The van der Waals surface area contributed by atoms with Crippen LogP contribution in [-0.2, 0) is 13.1 Å². The van der Waals surface area contributed by atoms with Crippen LogP contribution in [-0.4, -0.2) is 32.1 Å². The van der Waals surface area contributed by atoms with Crippen molar-refractivity contribution >= 4 is 11.4 Å². The Kier molecular flexibility index (Phi) is 6.30. The van der Waals surface area contributed by atoms with Gasteiger partial charge in [-0.05, 0) is 12.1 Å². The van der Waals surface area contributed by atoms with E-state index in [2.05, 4.69) is 54.6 Å². The molecule has 1 saturated heterocycles. The molecule has 0 bridgehead atoms. The molecule has 1 aliphatic rings. The molecule has 0 aromatic heterocycles. The van der Waals surface area contributed by atoms with Gasteiger partial charge in [0.05, 0.1) is 10.5 Å². The van der Waals surface area contributed by atoms with Gasteiger partial charge in [-0.2, -0.15) is 0 Å². The summed E-state index contributed by atoms with van der Waals surface area (Å²) in [6.45, 7) is 3.88. The average Bonchev–Trinajstić information content (AvgIpc) is 3.16. The van der Waals surface area contributed by atoms with Crippen molar-refractivity contribution in [1.29, 1.82) is 0 Å². The lowest BCUT2D eigenvalue weighted by Gasteiger charge is -2.25. The number of nitrogens with one attached hydrogen (secondary N) is 2. The Morgan fingerprint density at radius 2 is 1.39 bits per heavy atom. The maximum absolute atomic E-state index is 11.8. The van der Waals surface area contributed by atoms with Crippen LogP contribution in [0.3, 0.4) is 0 Å². The lowest BCUT2D eigenvalue weighted by molar-refractivity contribution is -1.09. The Bertz CT molecular complexity index is 975. The van der Waals surface area contributed by atoms with E-state index < -0.39 is 0 Å². The second-order valence-corrected chi connectivity index (χ2v) is 8.47. The first-order valence-corrected chi connectivity index (χ1v) is 10.8. The molecule has 0 aliphatic carbocycles. The maximum atomic E-state index is 11.8. The highest BCUT2D eigenvalue weighted by Gasteiger charge is 2.41. The van der Waals surface area contributed by atoms with Gasteiger partial charge >= 0.3 is 0 Å². The van der Waals surface area contributed by atoms with Gasteiger partial charge < -0.3 is 4.90 Å². The van der Waals surface area contributed by atoms with Crippen LogP contribution >= 0.6 is 0 Å². The summed E-state index contributed by atoms with van der Waals surface area (Å²) in [6.07, 6.45) is 0.148. The number of rotatable bonds is 7. The predicted octanol–water partition coefficient (Wildman–Crippen LogP) is 1.84. The molecule has 6 nitrogen and oxygen atoms in total. The molecular formula is C25H30N4O2+2. The van der Waals surface area contributed by atoms with Crippen LogP contribution in [0.2, 0.25) is 0 Å². The van der Waals surface area contributed by atoms with Gasteiger partial charge in [0, 0.05) is 31.3 Å². The molecule has 3 aromatic carbocycles. The Morgan fingerprint density at radius 3 is 1.84 bits per heavy atom. The van der Waals surface area contributed by atoms with Gasteiger partial charge in [0.1, 0.15) is 31.9 Å². The Balaban J connectivity index is 1.70. The van der Waals surface area contributed by atoms with Gasteiger partial charge in [0.25, 0.3) is 5.69 Å². The number of hydrogen-bond donors (Lipinski definition) is 2. The van der Waals surface area contributed by atoms with Crippen LogP contribution in [0.15, 0.2) is 78.9 Å². The van der Waals surface area contributed by atoms with E-state index >= 15 is 0 Å². The fourth-order valence-corrected chi connectivity index (χ4v) is 4.71. The van der Waals surface area contributed by atoms with Crippen molar-refractivity contribution in [3.63, 3.8) is 0 Å². The van der Waals surface area contributed by atoms with E-state index in [-0.39, 0.29) is 16.8 Å². The largest absolute Gasteiger partial charge is 0.372 e. The van der Waals surface area contributed by atoms with Crippen molar-refractivity contribution in [1.82, 2.24) is 0 Å². The van der Waals surface area contributed by atoms with Crippen LogP contribution in [0, 0.1) is 10.1 Å². The molecule has 0 spiro atoms. The molecule has 0 saturated carbocycles. The Labute approximate surface area is 183 Å². The molecule has 2 N–H and O–H groups in total. The van der Waals surface area contributed by atoms with Crippen LogP contribution in [0.25, 0.3) is 0 Å². The fourth-order valence-electron chi connectivity index (χ4n) is 4.71. The molecule has 1 aliphatic heterocycles. The van der Waals surface area contributed by atoms with E-state index in [0.717, 1.165) is 31.7 Å². The molecule has 3 aromatic rings. The van der Waals surface area contributed by atoms with Gasteiger partial charge in [-0.3, -0.25) is 19.9 Å². The monoisotopic (exact) mass is 418 g/mol. The summed E-state index contributed by atoms with van der Waals surface area (Å²) in [4.78, 5) is 16.2. The van der Waals surface area contributed by atoms with Gasteiger partial charge in [-0.1, -0.05) is 60.7 Å².